The summed E-state index contributed by atoms with van der Waals surface area (Å²) in [5.41, 5.74) is 6.70. The van der Waals surface area contributed by atoms with Crippen LogP contribution in [0.15, 0.2) is 12.1 Å². The lowest BCUT2D eigenvalue weighted by atomic mass is 9.77. The Bertz CT molecular complexity index is 421. The maximum atomic E-state index is 13.8. The Morgan fingerprint density at radius 1 is 1.17 bits per heavy atom. The Labute approximate surface area is 108 Å². The van der Waals surface area contributed by atoms with E-state index in [4.69, 9.17) is 5.73 Å². The van der Waals surface area contributed by atoms with Crippen LogP contribution in [-0.4, -0.2) is 0 Å². The van der Waals surface area contributed by atoms with Crippen molar-refractivity contribution in [3.8, 4) is 0 Å². The van der Waals surface area contributed by atoms with E-state index in [1.165, 1.54) is 12.1 Å². The highest BCUT2D eigenvalue weighted by Crippen LogP contribution is 2.33. The number of aryl methyl sites for hydroxylation is 1. The maximum Gasteiger partial charge on any atom is 0.128 e. The van der Waals surface area contributed by atoms with Crippen LogP contribution in [0.4, 0.5) is 8.78 Å². The van der Waals surface area contributed by atoms with Gasteiger partial charge in [-0.25, -0.2) is 8.78 Å². The van der Waals surface area contributed by atoms with E-state index in [-0.39, 0.29) is 11.0 Å². The quantitative estimate of drug-likeness (QED) is 0.854. The first-order valence-electron chi connectivity index (χ1n) is 6.34. The normalized spacial score (nSPS) is 15.6. The lowest BCUT2D eigenvalue weighted by Crippen LogP contribution is -2.24. The third-order valence-electron chi connectivity index (χ3n) is 3.76. The van der Waals surface area contributed by atoms with Crippen molar-refractivity contribution >= 4 is 0 Å². The SMILES string of the molecule is Cc1cc(F)c(C(N)CC(C)C(C)(C)C)cc1F. The second-order valence-corrected chi connectivity index (χ2v) is 6.23. The van der Waals surface area contributed by atoms with Crippen molar-refractivity contribution in [1.82, 2.24) is 0 Å². The molecule has 0 spiro atoms. The van der Waals surface area contributed by atoms with Crippen LogP contribution in [0.2, 0.25) is 0 Å². The van der Waals surface area contributed by atoms with E-state index in [1.807, 2.05) is 0 Å². The van der Waals surface area contributed by atoms with Crippen LogP contribution in [0.1, 0.15) is 51.3 Å². The molecule has 2 N–H and O–H groups in total. The van der Waals surface area contributed by atoms with Crippen LogP contribution < -0.4 is 5.73 Å². The zero-order valence-corrected chi connectivity index (χ0v) is 11.8. The highest BCUT2D eigenvalue weighted by molar-refractivity contribution is 5.27. The van der Waals surface area contributed by atoms with Gasteiger partial charge in [0.2, 0.25) is 0 Å². The van der Waals surface area contributed by atoms with Crippen LogP contribution in [0.3, 0.4) is 0 Å². The molecule has 2 atom stereocenters. The molecule has 0 radical (unpaired) electrons. The van der Waals surface area contributed by atoms with Crippen molar-refractivity contribution in [2.24, 2.45) is 17.1 Å². The monoisotopic (exact) mass is 255 g/mol. The Kier molecular flexibility index (Phi) is 4.49. The summed E-state index contributed by atoms with van der Waals surface area (Å²) in [4.78, 5) is 0. The summed E-state index contributed by atoms with van der Waals surface area (Å²) < 4.78 is 27.2. The van der Waals surface area contributed by atoms with E-state index in [1.54, 1.807) is 6.92 Å². The Balaban J connectivity index is 2.91. The number of nitrogens with two attached hydrogens (primary N) is 1. The molecule has 102 valence electrons. The largest absolute Gasteiger partial charge is 0.324 e. The number of halogens is 2. The first-order valence-corrected chi connectivity index (χ1v) is 6.34. The third-order valence-corrected chi connectivity index (χ3v) is 3.76. The van der Waals surface area contributed by atoms with Crippen molar-refractivity contribution in [2.75, 3.05) is 0 Å². The molecule has 0 aliphatic heterocycles. The van der Waals surface area contributed by atoms with Gasteiger partial charge in [-0.3, -0.25) is 0 Å². The van der Waals surface area contributed by atoms with E-state index in [0.29, 0.717) is 17.9 Å². The molecule has 3 heteroatoms. The summed E-state index contributed by atoms with van der Waals surface area (Å²) in [7, 11) is 0. The predicted molar refractivity (Wildman–Crippen MR) is 71.3 cm³/mol. The first-order chi connectivity index (χ1) is 8.12. The molecule has 0 bridgehead atoms. The summed E-state index contributed by atoms with van der Waals surface area (Å²) in [5.74, 6) is -0.482. The predicted octanol–water partition coefficient (Wildman–Crippen LogP) is 4.35. The molecule has 1 nitrogen and oxygen atoms in total. The lowest BCUT2D eigenvalue weighted by Gasteiger charge is -2.29. The van der Waals surface area contributed by atoms with E-state index < -0.39 is 17.7 Å². The van der Waals surface area contributed by atoms with E-state index in [2.05, 4.69) is 27.7 Å². The summed E-state index contributed by atoms with van der Waals surface area (Å²) in [6.07, 6.45) is 0.642. The standard InChI is InChI=1S/C15H23F2N/c1-9-6-13(17)11(8-12(9)16)14(18)7-10(2)15(3,4)5/h6,8,10,14H,7,18H2,1-5H3. The molecule has 2 unspecified atom stereocenters. The Morgan fingerprint density at radius 3 is 2.22 bits per heavy atom. The van der Waals surface area contributed by atoms with E-state index in [0.717, 1.165) is 0 Å². The zero-order chi connectivity index (χ0) is 14.1. The van der Waals surface area contributed by atoms with Gasteiger partial charge < -0.3 is 5.73 Å². The molecule has 0 saturated heterocycles. The fraction of sp³-hybridized carbons (Fsp3) is 0.600. The van der Waals surface area contributed by atoms with E-state index >= 15 is 0 Å². The zero-order valence-electron chi connectivity index (χ0n) is 11.8. The Morgan fingerprint density at radius 2 is 1.72 bits per heavy atom. The average molecular weight is 255 g/mol. The van der Waals surface area contributed by atoms with Gasteiger partial charge in [-0.05, 0) is 42.4 Å². The van der Waals surface area contributed by atoms with Crippen molar-refractivity contribution in [3.05, 3.63) is 34.9 Å². The molecule has 0 heterocycles. The molecule has 0 aliphatic rings. The number of benzene rings is 1. The fourth-order valence-corrected chi connectivity index (χ4v) is 1.81. The van der Waals surface area contributed by atoms with Gasteiger partial charge in [0.1, 0.15) is 11.6 Å². The minimum atomic E-state index is -0.464. The van der Waals surface area contributed by atoms with Crippen LogP contribution in [-0.2, 0) is 0 Å². The van der Waals surface area contributed by atoms with Gasteiger partial charge in [0, 0.05) is 11.6 Å². The van der Waals surface area contributed by atoms with E-state index in [9.17, 15) is 8.78 Å². The molecule has 1 aromatic rings. The molecule has 18 heavy (non-hydrogen) atoms. The van der Waals surface area contributed by atoms with Gasteiger partial charge in [-0.2, -0.15) is 0 Å². The highest BCUT2D eigenvalue weighted by atomic mass is 19.1. The van der Waals surface area contributed by atoms with Gasteiger partial charge >= 0.3 is 0 Å². The highest BCUT2D eigenvalue weighted by Gasteiger charge is 2.24. The summed E-state index contributed by atoms with van der Waals surface area (Å²) in [6, 6.07) is 1.98. The molecular formula is C15H23F2N. The average Bonchev–Trinajstić information content (AvgIpc) is 2.21. The summed E-state index contributed by atoms with van der Waals surface area (Å²) in [6.45, 7) is 10.00. The van der Waals surface area contributed by atoms with Crippen LogP contribution in [0.25, 0.3) is 0 Å². The van der Waals surface area contributed by atoms with Crippen molar-refractivity contribution in [2.45, 2.75) is 47.1 Å². The topological polar surface area (TPSA) is 26.0 Å². The Hall–Kier alpha value is -0.960. The van der Waals surface area contributed by atoms with Crippen LogP contribution >= 0.6 is 0 Å². The first kappa shape index (κ1) is 15.1. The molecule has 1 aromatic carbocycles. The van der Waals surface area contributed by atoms with Crippen LogP contribution in [0.5, 0.6) is 0 Å². The third kappa shape index (κ3) is 3.52. The van der Waals surface area contributed by atoms with Crippen molar-refractivity contribution in [3.63, 3.8) is 0 Å². The summed E-state index contributed by atoms with van der Waals surface area (Å²) >= 11 is 0. The van der Waals surface area contributed by atoms with Crippen LogP contribution in [0, 0.1) is 29.9 Å². The van der Waals surface area contributed by atoms with Gasteiger partial charge in [0.15, 0.2) is 0 Å². The van der Waals surface area contributed by atoms with Gasteiger partial charge in [-0.15, -0.1) is 0 Å². The van der Waals surface area contributed by atoms with Crippen molar-refractivity contribution in [1.29, 1.82) is 0 Å². The molecule has 0 amide bonds. The second kappa shape index (κ2) is 5.35. The molecule has 0 fully saturated rings. The van der Waals surface area contributed by atoms with Gasteiger partial charge in [-0.1, -0.05) is 27.7 Å². The summed E-state index contributed by atoms with van der Waals surface area (Å²) in [5, 5.41) is 0. The molecule has 0 saturated carbocycles. The van der Waals surface area contributed by atoms with Crippen molar-refractivity contribution < 1.29 is 8.78 Å². The number of rotatable bonds is 3. The number of hydrogen-bond acceptors (Lipinski definition) is 1. The minimum absolute atomic E-state index is 0.108. The molecule has 0 aromatic heterocycles. The minimum Gasteiger partial charge on any atom is -0.324 e. The lowest BCUT2D eigenvalue weighted by molar-refractivity contribution is 0.232. The fourth-order valence-electron chi connectivity index (χ4n) is 1.81. The smallest absolute Gasteiger partial charge is 0.128 e. The molecule has 1 rings (SSSR count). The van der Waals surface area contributed by atoms with Gasteiger partial charge in [0.25, 0.3) is 0 Å². The van der Waals surface area contributed by atoms with Gasteiger partial charge in [0.05, 0.1) is 0 Å². The molecular weight excluding hydrogens is 232 g/mol. The number of hydrogen-bond donors (Lipinski definition) is 1. The molecule has 0 aliphatic carbocycles. The maximum absolute atomic E-state index is 13.8. The second-order valence-electron chi connectivity index (χ2n) is 6.23.